The summed E-state index contributed by atoms with van der Waals surface area (Å²) < 4.78 is 17.9. The topological polar surface area (TPSA) is 81.8 Å². The molecule has 1 N–H and O–H groups in total. The summed E-state index contributed by atoms with van der Waals surface area (Å²) >= 11 is 0. The number of rotatable bonds is 9. The fraction of sp³-hybridized carbons (Fsp3) is 0.290. The lowest BCUT2D eigenvalue weighted by molar-refractivity contribution is -0.152. The van der Waals surface area contributed by atoms with Gasteiger partial charge in [0.1, 0.15) is 17.8 Å². The fourth-order valence-electron chi connectivity index (χ4n) is 4.63. The Morgan fingerprint density at radius 1 is 0.919 bits per heavy atom. The van der Waals surface area contributed by atoms with Crippen molar-refractivity contribution in [2.24, 2.45) is 0 Å². The van der Waals surface area contributed by atoms with Gasteiger partial charge in [-0.3, -0.25) is 0 Å². The molecule has 0 unspecified atom stereocenters. The summed E-state index contributed by atoms with van der Waals surface area (Å²) in [6, 6.07) is 22.1. The van der Waals surface area contributed by atoms with Crippen molar-refractivity contribution in [2.75, 3.05) is 6.61 Å². The first-order valence-corrected chi connectivity index (χ1v) is 12.7. The average Bonchev–Trinajstić information content (AvgIpc) is 3.39. The molecule has 0 saturated heterocycles. The molecule has 1 aliphatic rings. The number of carboxylic acids is 1. The smallest absolute Gasteiger partial charge is 0.347 e. The fourth-order valence-corrected chi connectivity index (χ4v) is 4.63. The van der Waals surface area contributed by atoms with Crippen LogP contribution in [0.1, 0.15) is 43.5 Å². The highest BCUT2D eigenvalue weighted by molar-refractivity contribution is 5.77. The molecule has 0 saturated carbocycles. The number of benzene rings is 3. The number of aromatic nitrogens is 1. The molecule has 0 bridgehead atoms. The molecule has 0 aliphatic heterocycles. The Morgan fingerprint density at radius 3 is 2.35 bits per heavy atom. The molecule has 4 aromatic rings. The van der Waals surface area contributed by atoms with Crippen LogP contribution < -0.4 is 9.47 Å². The van der Waals surface area contributed by atoms with E-state index in [0.29, 0.717) is 24.7 Å². The third kappa shape index (κ3) is 5.53. The highest BCUT2D eigenvalue weighted by atomic mass is 16.5. The average molecular weight is 498 g/mol. The van der Waals surface area contributed by atoms with E-state index >= 15 is 0 Å². The van der Waals surface area contributed by atoms with Gasteiger partial charge in [0.15, 0.2) is 5.60 Å². The molecule has 6 nitrogen and oxygen atoms in total. The van der Waals surface area contributed by atoms with E-state index in [-0.39, 0.29) is 0 Å². The number of hydrogen-bond acceptors (Lipinski definition) is 5. The lowest BCUT2D eigenvalue weighted by Crippen LogP contribution is -2.38. The summed E-state index contributed by atoms with van der Waals surface area (Å²) in [7, 11) is 0. The Labute approximate surface area is 216 Å². The van der Waals surface area contributed by atoms with Crippen LogP contribution in [-0.4, -0.2) is 28.3 Å². The number of aliphatic carboxylic acids is 1. The first kappa shape index (κ1) is 24.6. The molecule has 0 spiro atoms. The lowest BCUT2D eigenvalue weighted by Gasteiger charge is -2.27. The summed E-state index contributed by atoms with van der Waals surface area (Å²) in [6.07, 6.45) is 6.17. The van der Waals surface area contributed by atoms with Crippen molar-refractivity contribution in [1.29, 1.82) is 0 Å². The summed E-state index contributed by atoms with van der Waals surface area (Å²) in [5.41, 5.74) is 4.91. The molecular weight excluding hydrogens is 466 g/mol. The van der Waals surface area contributed by atoms with Gasteiger partial charge in [0.05, 0.1) is 12.3 Å². The predicted octanol–water partition coefficient (Wildman–Crippen LogP) is 6.75. The van der Waals surface area contributed by atoms with Gasteiger partial charge in [0.25, 0.3) is 0 Å². The van der Waals surface area contributed by atoms with Crippen LogP contribution in [0.15, 0.2) is 77.4 Å². The maximum atomic E-state index is 11.5. The Balaban J connectivity index is 1.26. The zero-order chi connectivity index (χ0) is 25.8. The van der Waals surface area contributed by atoms with E-state index in [0.717, 1.165) is 64.9 Å². The van der Waals surface area contributed by atoms with Gasteiger partial charge in [-0.05, 0) is 74.9 Å². The van der Waals surface area contributed by atoms with Crippen molar-refractivity contribution < 1.29 is 23.8 Å². The second kappa shape index (κ2) is 10.5. The van der Waals surface area contributed by atoms with Gasteiger partial charge in [-0.15, -0.1) is 0 Å². The van der Waals surface area contributed by atoms with Crippen LogP contribution in [0.3, 0.4) is 0 Å². The van der Waals surface area contributed by atoms with E-state index in [2.05, 4.69) is 29.2 Å². The SMILES string of the molecule is CC(C)(Oc1ccc(OCCc2coc(-c3cccc(-c4ccccc4)c3)n2)c2c1CCCC2)C(=O)O. The maximum absolute atomic E-state index is 11.5. The molecule has 0 amide bonds. The van der Waals surface area contributed by atoms with E-state index in [1.807, 2.05) is 42.5 Å². The van der Waals surface area contributed by atoms with Crippen molar-refractivity contribution in [3.63, 3.8) is 0 Å². The monoisotopic (exact) mass is 497 g/mol. The van der Waals surface area contributed by atoms with Gasteiger partial charge in [-0.2, -0.15) is 0 Å². The van der Waals surface area contributed by atoms with Gasteiger partial charge in [0, 0.05) is 23.1 Å². The number of hydrogen-bond donors (Lipinski definition) is 1. The minimum Gasteiger partial charge on any atom is -0.493 e. The molecule has 1 heterocycles. The maximum Gasteiger partial charge on any atom is 0.347 e. The molecular formula is C31H31NO5. The lowest BCUT2D eigenvalue weighted by atomic mass is 9.90. The third-order valence-corrected chi connectivity index (χ3v) is 6.71. The van der Waals surface area contributed by atoms with Crippen molar-refractivity contribution in [2.45, 2.75) is 51.6 Å². The normalized spacial score (nSPS) is 13.1. The molecule has 0 atom stereocenters. The van der Waals surface area contributed by atoms with E-state index in [9.17, 15) is 9.90 Å². The number of carboxylic acid groups (broad SMARTS) is 1. The summed E-state index contributed by atoms with van der Waals surface area (Å²) in [6.45, 7) is 3.60. The largest absolute Gasteiger partial charge is 0.493 e. The zero-order valence-corrected chi connectivity index (χ0v) is 21.2. The van der Waals surface area contributed by atoms with Gasteiger partial charge < -0.3 is 19.0 Å². The van der Waals surface area contributed by atoms with Crippen LogP contribution in [-0.2, 0) is 24.1 Å². The van der Waals surface area contributed by atoms with E-state index in [1.54, 1.807) is 20.1 Å². The molecule has 6 heteroatoms. The highest BCUT2D eigenvalue weighted by Crippen LogP contribution is 2.37. The van der Waals surface area contributed by atoms with Crippen LogP contribution in [0.5, 0.6) is 11.5 Å². The molecule has 1 aliphatic carbocycles. The molecule has 1 aromatic heterocycles. The minimum atomic E-state index is -1.29. The van der Waals surface area contributed by atoms with E-state index in [1.165, 1.54) is 0 Å². The molecule has 37 heavy (non-hydrogen) atoms. The van der Waals surface area contributed by atoms with Crippen LogP contribution in [0.2, 0.25) is 0 Å². The predicted molar refractivity (Wildman–Crippen MR) is 142 cm³/mol. The Hall–Kier alpha value is -4.06. The van der Waals surface area contributed by atoms with Gasteiger partial charge in [-0.25, -0.2) is 9.78 Å². The van der Waals surface area contributed by atoms with Crippen LogP contribution in [0.25, 0.3) is 22.6 Å². The molecule has 0 radical (unpaired) electrons. The van der Waals surface area contributed by atoms with Crippen molar-refractivity contribution in [3.05, 3.63) is 89.8 Å². The standard InChI is InChI=1S/C31H31NO5/c1-31(2,30(33)34)37-28-16-15-27(25-13-6-7-14-26(25)28)35-18-17-24-20-36-29(32-24)23-12-8-11-22(19-23)21-9-4-3-5-10-21/h3-5,8-12,15-16,19-20H,6-7,13-14,17-18H2,1-2H3,(H,33,34). The van der Waals surface area contributed by atoms with Crippen molar-refractivity contribution in [3.8, 4) is 34.1 Å². The molecule has 3 aromatic carbocycles. The number of oxazole rings is 1. The Bertz CT molecular complexity index is 1390. The highest BCUT2D eigenvalue weighted by Gasteiger charge is 2.31. The number of ether oxygens (including phenoxy) is 2. The Kier molecular flexibility index (Phi) is 6.99. The van der Waals surface area contributed by atoms with Crippen molar-refractivity contribution in [1.82, 2.24) is 4.98 Å². The van der Waals surface area contributed by atoms with E-state index < -0.39 is 11.6 Å². The molecule has 5 rings (SSSR count). The quantitative estimate of drug-likeness (QED) is 0.275. The van der Waals surface area contributed by atoms with E-state index in [4.69, 9.17) is 13.9 Å². The second-order valence-electron chi connectivity index (χ2n) is 9.83. The summed E-state index contributed by atoms with van der Waals surface area (Å²) in [5, 5.41) is 9.46. The number of carbonyl (C=O) groups is 1. The van der Waals surface area contributed by atoms with Crippen molar-refractivity contribution >= 4 is 5.97 Å². The first-order chi connectivity index (χ1) is 17.9. The zero-order valence-electron chi connectivity index (χ0n) is 21.2. The number of fused-ring (bicyclic) bond motifs is 1. The summed E-state index contributed by atoms with van der Waals surface area (Å²) in [4.78, 5) is 16.2. The van der Waals surface area contributed by atoms with Crippen LogP contribution in [0.4, 0.5) is 0 Å². The van der Waals surface area contributed by atoms with Gasteiger partial charge in [-0.1, -0.05) is 42.5 Å². The minimum absolute atomic E-state index is 0.462. The van der Waals surface area contributed by atoms with Crippen LogP contribution >= 0.6 is 0 Å². The summed E-state index contributed by atoms with van der Waals surface area (Å²) in [5.74, 6) is 1.06. The third-order valence-electron chi connectivity index (χ3n) is 6.71. The van der Waals surface area contributed by atoms with Gasteiger partial charge >= 0.3 is 5.97 Å². The molecule has 0 fully saturated rings. The Morgan fingerprint density at radius 2 is 1.59 bits per heavy atom. The molecule has 190 valence electrons. The first-order valence-electron chi connectivity index (χ1n) is 12.7. The van der Waals surface area contributed by atoms with Gasteiger partial charge in [0.2, 0.25) is 5.89 Å². The number of nitrogens with zero attached hydrogens (tertiary/aromatic N) is 1. The second-order valence-corrected chi connectivity index (χ2v) is 9.83. The van der Waals surface area contributed by atoms with Crippen LogP contribution in [0, 0.1) is 0 Å².